The Hall–Kier alpha value is -2.54. The van der Waals surface area contributed by atoms with Crippen molar-refractivity contribution in [3.63, 3.8) is 0 Å². The lowest BCUT2D eigenvalue weighted by molar-refractivity contribution is -0.332. The number of hydrogen-bond acceptors (Lipinski definition) is 15. The lowest BCUT2D eigenvalue weighted by Crippen LogP contribution is -2.61. The molecule has 0 amide bonds. The maximum atomic E-state index is 13.0. The number of hydrogen-bond donors (Lipinski definition) is 7. The van der Waals surface area contributed by atoms with Crippen LogP contribution in [0.4, 0.5) is 0 Å². The largest absolute Gasteiger partial charge is 0.462 e. The maximum absolute atomic E-state index is 13.0. The summed E-state index contributed by atoms with van der Waals surface area (Å²) >= 11 is 0. The van der Waals surface area contributed by atoms with E-state index in [4.69, 9.17) is 28.4 Å². The van der Waals surface area contributed by atoms with Crippen molar-refractivity contribution in [2.45, 2.75) is 248 Å². The van der Waals surface area contributed by atoms with Crippen molar-refractivity contribution in [1.29, 1.82) is 0 Å². The number of unbranched alkanes of at least 4 members (excludes halogenated alkanes) is 18. The van der Waals surface area contributed by atoms with Gasteiger partial charge in [0.05, 0.1) is 19.8 Å². The molecule has 0 aromatic rings. The Morgan fingerprint density at radius 1 is 0.471 bits per heavy atom. The van der Waals surface area contributed by atoms with Gasteiger partial charge < -0.3 is 64.2 Å². The first-order valence-electron chi connectivity index (χ1n) is 26.2. The van der Waals surface area contributed by atoms with Gasteiger partial charge in [-0.2, -0.15) is 0 Å². The van der Waals surface area contributed by atoms with Crippen molar-refractivity contribution in [1.82, 2.24) is 0 Å². The van der Waals surface area contributed by atoms with Gasteiger partial charge in [-0.15, -0.1) is 0 Å². The second-order valence-corrected chi connectivity index (χ2v) is 18.3. The van der Waals surface area contributed by atoms with Gasteiger partial charge in [-0.25, -0.2) is 0 Å². The molecule has 2 rings (SSSR count). The van der Waals surface area contributed by atoms with Crippen LogP contribution in [0.2, 0.25) is 0 Å². The van der Waals surface area contributed by atoms with Gasteiger partial charge in [-0.1, -0.05) is 159 Å². The molecule has 15 nitrogen and oxygen atoms in total. The lowest BCUT2D eigenvalue weighted by atomic mass is 9.98. The highest BCUT2D eigenvalue weighted by atomic mass is 16.7. The van der Waals surface area contributed by atoms with Crippen LogP contribution in [0.25, 0.3) is 0 Å². The van der Waals surface area contributed by atoms with Crippen molar-refractivity contribution in [3.8, 4) is 0 Å². The predicted molar refractivity (Wildman–Crippen MR) is 261 cm³/mol. The molecule has 2 saturated heterocycles. The molecule has 11 atom stereocenters. The summed E-state index contributed by atoms with van der Waals surface area (Å²) in [6, 6.07) is 0. The Morgan fingerprint density at radius 2 is 0.912 bits per heavy atom. The summed E-state index contributed by atoms with van der Waals surface area (Å²) in [7, 11) is 0. The Labute approximate surface area is 408 Å². The van der Waals surface area contributed by atoms with E-state index in [-0.39, 0.29) is 19.4 Å². The normalized spacial score (nSPS) is 26.1. The van der Waals surface area contributed by atoms with Gasteiger partial charge in [0.25, 0.3) is 0 Å². The third-order valence-corrected chi connectivity index (χ3v) is 12.3. The Bertz CT molecular complexity index is 1370. The molecule has 0 radical (unpaired) electrons. The average molecular weight is 969 g/mol. The number of ether oxygens (including phenoxy) is 6. The summed E-state index contributed by atoms with van der Waals surface area (Å²) < 4.78 is 33.5. The SMILES string of the molecule is CCCCCCCC/C=C/C/C=C/C/C=C/CCCC(=O)OC[C@@H](CO[C@@H]1O[C@H](CO[C@@H]2O[C@H](CO)[C@H](O)C(O)C2O)[C@H](O)C(O)C1O)OC(=O)CC/C=C/CCCCCCCCCCCCC. The summed E-state index contributed by atoms with van der Waals surface area (Å²) in [6.07, 6.45) is 27.3. The van der Waals surface area contributed by atoms with Crippen molar-refractivity contribution < 1.29 is 73.8 Å². The molecule has 0 saturated carbocycles. The van der Waals surface area contributed by atoms with Crippen LogP contribution in [0, 0.1) is 0 Å². The van der Waals surface area contributed by atoms with Gasteiger partial charge in [0.15, 0.2) is 18.7 Å². The zero-order valence-electron chi connectivity index (χ0n) is 41.6. The molecule has 2 heterocycles. The monoisotopic (exact) mass is 969 g/mol. The summed E-state index contributed by atoms with van der Waals surface area (Å²) in [4.78, 5) is 25.7. The fourth-order valence-electron chi connectivity index (χ4n) is 7.96. The van der Waals surface area contributed by atoms with Crippen LogP contribution >= 0.6 is 0 Å². The molecule has 0 bridgehead atoms. The van der Waals surface area contributed by atoms with E-state index in [2.05, 4.69) is 50.3 Å². The summed E-state index contributed by atoms with van der Waals surface area (Å²) in [5.41, 5.74) is 0. The first kappa shape index (κ1) is 61.6. The quantitative estimate of drug-likeness (QED) is 0.0179. The third kappa shape index (κ3) is 27.7. The summed E-state index contributed by atoms with van der Waals surface area (Å²) in [6.45, 7) is 2.49. The van der Waals surface area contributed by atoms with E-state index in [1.54, 1.807) is 0 Å². The minimum atomic E-state index is -1.78. The van der Waals surface area contributed by atoms with Crippen LogP contribution in [0.5, 0.6) is 0 Å². The molecule has 394 valence electrons. The number of allylic oxidation sites excluding steroid dienone is 8. The van der Waals surface area contributed by atoms with Crippen LogP contribution in [-0.4, -0.2) is 142 Å². The summed E-state index contributed by atoms with van der Waals surface area (Å²) in [5, 5.41) is 72.1. The van der Waals surface area contributed by atoms with Crippen molar-refractivity contribution >= 4 is 11.9 Å². The number of rotatable bonds is 40. The Morgan fingerprint density at radius 3 is 1.46 bits per heavy atom. The molecule has 0 aromatic heterocycles. The smallest absolute Gasteiger partial charge is 0.306 e. The molecular weight excluding hydrogens is 877 g/mol. The first-order valence-corrected chi connectivity index (χ1v) is 26.2. The topological polar surface area (TPSA) is 231 Å². The second-order valence-electron chi connectivity index (χ2n) is 18.3. The lowest BCUT2D eigenvalue weighted by Gasteiger charge is -2.42. The molecular formula is C53H92O15. The van der Waals surface area contributed by atoms with E-state index in [0.717, 1.165) is 32.1 Å². The minimum absolute atomic E-state index is 0.0709. The number of carbonyl (C=O) groups is 2. The van der Waals surface area contributed by atoms with Crippen LogP contribution in [-0.2, 0) is 38.0 Å². The second kappa shape index (κ2) is 40.1. The van der Waals surface area contributed by atoms with E-state index < -0.39 is 99.3 Å². The average Bonchev–Trinajstić information content (AvgIpc) is 3.33. The van der Waals surface area contributed by atoms with E-state index in [1.807, 2.05) is 12.2 Å². The standard InChI is InChI=1S/C53H92O15/c1-3-5-7-9-11-13-15-17-19-20-22-23-25-27-29-31-33-35-44(55)63-38-41(66-45(56)36-34-32-30-28-26-24-21-18-16-14-12-10-8-6-4-2)39-64-52-51(62)49(60)47(58)43(68-52)40-65-53-50(61)48(59)46(57)42(37-54)67-53/h17,19,22-23,27,29-30,32,41-43,46-54,57-62H,3-16,18,20-21,24-26,28,31,33-40H2,1-2H3/b19-17+,23-22+,29-27+,32-30+/t41-,42+,43+,46-,47-,48?,49?,50?,51?,52+,53+/m0/s1. The molecule has 0 aromatic carbocycles. The van der Waals surface area contributed by atoms with Crippen LogP contribution in [0.3, 0.4) is 0 Å². The highest BCUT2D eigenvalue weighted by Crippen LogP contribution is 2.26. The van der Waals surface area contributed by atoms with Crippen LogP contribution < -0.4 is 0 Å². The van der Waals surface area contributed by atoms with Crippen molar-refractivity contribution in [3.05, 3.63) is 48.6 Å². The number of aliphatic hydroxyl groups excluding tert-OH is 7. The Kier molecular flexibility index (Phi) is 36.3. The number of esters is 2. The van der Waals surface area contributed by atoms with E-state index in [9.17, 15) is 45.3 Å². The van der Waals surface area contributed by atoms with Crippen LogP contribution in [0.1, 0.15) is 181 Å². The minimum Gasteiger partial charge on any atom is -0.462 e. The fraction of sp³-hybridized carbons (Fsp3) is 0.811. The fourth-order valence-corrected chi connectivity index (χ4v) is 7.96. The van der Waals surface area contributed by atoms with E-state index in [0.29, 0.717) is 19.3 Å². The highest BCUT2D eigenvalue weighted by Gasteiger charge is 2.47. The predicted octanol–water partition coefficient (Wildman–Crippen LogP) is 7.49. The van der Waals surface area contributed by atoms with Gasteiger partial charge in [0.2, 0.25) is 0 Å². The number of carbonyl (C=O) groups excluding carboxylic acids is 2. The van der Waals surface area contributed by atoms with Gasteiger partial charge >= 0.3 is 11.9 Å². The first-order chi connectivity index (χ1) is 33.0. The Balaban J connectivity index is 1.84. The zero-order valence-corrected chi connectivity index (χ0v) is 41.6. The molecule has 4 unspecified atom stereocenters. The zero-order chi connectivity index (χ0) is 49.6. The van der Waals surface area contributed by atoms with Crippen LogP contribution in [0.15, 0.2) is 48.6 Å². The van der Waals surface area contributed by atoms with Gasteiger partial charge in [0.1, 0.15) is 55.4 Å². The van der Waals surface area contributed by atoms with Gasteiger partial charge in [-0.05, 0) is 57.8 Å². The molecule has 0 aliphatic carbocycles. The van der Waals surface area contributed by atoms with Gasteiger partial charge in [0, 0.05) is 12.8 Å². The van der Waals surface area contributed by atoms with Crippen molar-refractivity contribution in [2.75, 3.05) is 26.4 Å². The third-order valence-electron chi connectivity index (χ3n) is 12.3. The maximum Gasteiger partial charge on any atom is 0.306 e. The molecule has 2 aliphatic heterocycles. The van der Waals surface area contributed by atoms with Gasteiger partial charge in [-0.3, -0.25) is 9.59 Å². The molecule has 2 fully saturated rings. The van der Waals surface area contributed by atoms with E-state index >= 15 is 0 Å². The number of aliphatic hydroxyl groups is 7. The molecule has 15 heteroatoms. The molecule has 7 N–H and O–H groups in total. The van der Waals surface area contributed by atoms with E-state index in [1.165, 1.54) is 103 Å². The summed E-state index contributed by atoms with van der Waals surface area (Å²) in [5.74, 6) is -1.04. The van der Waals surface area contributed by atoms with Crippen molar-refractivity contribution in [2.24, 2.45) is 0 Å². The molecule has 2 aliphatic rings. The molecule has 0 spiro atoms. The molecule has 68 heavy (non-hydrogen) atoms. The highest BCUT2D eigenvalue weighted by molar-refractivity contribution is 5.70.